The number of nitrogens with zero attached hydrogens (tertiary/aromatic N) is 1. The highest BCUT2D eigenvalue weighted by Gasteiger charge is 2.41. The molecule has 0 saturated heterocycles. The van der Waals surface area contributed by atoms with E-state index in [1.807, 2.05) is 0 Å². The Kier molecular flexibility index (Phi) is 7.44. The fourth-order valence-corrected chi connectivity index (χ4v) is 3.38. The normalized spacial score (nSPS) is 26.7. The van der Waals surface area contributed by atoms with Crippen molar-refractivity contribution in [3.8, 4) is 0 Å². The summed E-state index contributed by atoms with van der Waals surface area (Å²) in [5.74, 6) is 0.260. The van der Waals surface area contributed by atoms with Crippen molar-refractivity contribution in [3.63, 3.8) is 0 Å². The van der Waals surface area contributed by atoms with Crippen LogP contribution in [0, 0.1) is 5.92 Å². The van der Waals surface area contributed by atoms with E-state index >= 15 is 0 Å². The summed E-state index contributed by atoms with van der Waals surface area (Å²) in [6, 6.07) is 0. The molecule has 1 aliphatic carbocycles. The molecule has 3 nitrogen and oxygen atoms in total. The van der Waals surface area contributed by atoms with Crippen LogP contribution in [-0.2, 0) is 0 Å². The largest absolute Gasteiger partial charge is 0.401 e. The van der Waals surface area contributed by atoms with Crippen molar-refractivity contribution in [1.82, 2.24) is 10.2 Å². The second-order valence-electron chi connectivity index (χ2n) is 6.10. The molecule has 0 amide bonds. The van der Waals surface area contributed by atoms with E-state index in [1.165, 1.54) is 4.90 Å². The van der Waals surface area contributed by atoms with E-state index in [2.05, 4.69) is 12.2 Å². The highest BCUT2D eigenvalue weighted by atomic mass is 19.4. The van der Waals surface area contributed by atoms with Gasteiger partial charge in [0, 0.05) is 5.54 Å². The summed E-state index contributed by atoms with van der Waals surface area (Å²) in [7, 11) is 0. The zero-order valence-corrected chi connectivity index (χ0v) is 13.2. The van der Waals surface area contributed by atoms with Crippen molar-refractivity contribution in [2.45, 2.75) is 57.7 Å². The summed E-state index contributed by atoms with van der Waals surface area (Å²) in [5, 5.41) is 13.2. The van der Waals surface area contributed by atoms with Gasteiger partial charge >= 0.3 is 6.18 Å². The second-order valence-corrected chi connectivity index (χ2v) is 6.10. The first kappa shape index (κ1) is 18.7. The molecule has 2 atom stereocenters. The number of halogens is 3. The summed E-state index contributed by atoms with van der Waals surface area (Å²) in [5.41, 5.74) is -0.284. The lowest BCUT2D eigenvalue weighted by Gasteiger charge is -2.36. The van der Waals surface area contributed by atoms with Gasteiger partial charge in [0.15, 0.2) is 0 Å². The second kappa shape index (κ2) is 8.34. The Morgan fingerprint density at radius 1 is 1.33 bits per heavy atom. The highest BCUT2D eigenvalue weighted by Crippen LogP contribution is 2.38. The standard InChI is InChI=1S/C15H29F3N2O/c1-3-9-19-14(12-21)8-5-6-13(14)7-10-20(4-2)11-15(16,17)18/h13,19,21H,3-12H2,1-2H3. The van der Waals surface area contributed by atoms with Crippen molar-refractivity contribution in [2.75, 3.05) is 32.8 Å². The zero-order chi connectivity index (χ0) is 15.9. The Hall–Kier alpha value is -0.330. The number of hydrogen-bond acceptors (Lipinski definition) is 3. The van der Waals surface area contributed by atoms with Crippen LogP contribution in [0.2, 0.25) is 0 Å². The van der Waals surface area contributed by atoms with Crippen molar-refractivity contribution in [3.05, 3.63) is 0 Å². The number of aliphatic hydroxyl groups is 1. The smallest absolute Gasteiger partial charge is 0.394 e. The molecule has 1 rings (SSSR count). The Morgan fingerprint density at radius 3 is 2.57 bits per heavy atom. The third kappa shape index (κ3) is 5.75. The molecular weight excluding hydrogens is 281 g/mol. The van der Waals surface area contributed by atoms with Crippen LogP contribution in [0.1, 0.15) is 46.0 Å². The molecular formula is C15H29F3N2O. The van der Waals surface area contributed by atoms with E-state index in [4.69, 9.17) is 0 Å². The van der Waals surface area contributed by atoms with Gasteiger partial charge in [0.05, 0.1) is 13.2 Å². The predicted octanol–water partition coefficient (Wildman–Crippen LogP) is 2.79. The lowest BCUT2D eigenvalue weighted by molar-refractivity contribution is -0.146. The maximum Gasteiger partial charge on any atom is 0.401 e. The molecule has 0 aliphatic heterocycles. The fraction of sp³-hybridized carbons (Fsp3) is 1.00. The molecule has 0 aromatic heterocycles. The molecule has 0 aromatic carbocycles. The van der Waals surface area contributed by atoms with Crippen LogP contribution in [0.15, 0.2) is 0 Å². The first-order valence-electron chi connectivity index (χ1n) is 8.02. The van der Waals surface area contributed by atoms with Gasteiger partial charge in [0.25, 0.3) is 0 Å². The quantitative estimate of drug-likeness (QED) is 0.687. The summed E-state index contributed by atoms with van der Waals surface area (Å²) >= 11 is 0. The van der Waals surface area contributed by atoms with E-state index in [-0.39, 0.29) is 18.1 Å². The molecule has 0 radical (unpaired) electrons. The molecule has 1 fully saturated rings. The number of aliphatic hydroxyl groups excluding tert-OH is 1. The average Bonchev–Trinajstić information content (AvgIpc) is 2.83. The fourth-order valence-electron chi connectivity index (χ4n) is 3.38. The van der Waals surface area contributed by atoms with Crippen LogP contribution in [0.3, 0.4) is 0 Å². The number of hydrogen-bond donors (Lipinski definition) is 2. The van der Waals surface area contributed by atoms with E-state index in [9.17, 15) is 18.3 Å². The van der Waals surface area contributed by atoms with Crippen LogP contribution in [0.4, 0.5) is 13.2 Å². The minimum absolute atomic E-state index is 0.0725. The molecule has 1 saturated carbocycles. The Morgan fingerprint density at radius 2 is 2.05 bits per heavy atom. The van der Waals surface area contributed by atoms with Crippen LogP contribution >= 0.6 is 0 Å². The van der Waals surface area contributed by atoms with Crippen molar-refractivity contribution in [2.24, 2.45) is 5.92 Å². The van der Waals surface area contributed by atoms with Crippen LogP contribution < -0.4 is 5.32 Å². The third-order valence-corrected chi connectivity index (χ3v) is 4.61. The lowest BCUT2D eigenvalue weighted by Crippen LogP contribution is -2.52. The van der Waals surface area contributed by atoms with Crippen molar-refractivity contribution < 1.29 is 18.3 Å². The minimum Gasteiger partial charge on any atom is -0.394 e. The molecule has 2 unspecified atom stereocenters. The zero-order valence-electron chi connectivity index (χ0n) is 13.2. The molecule has 0 spiro atoms. The molecule has 126 valence electrons. The van der Waals surface area contributed by atoms with Gasteiger partial charge in [-0.1, -0.05) is 20.3 Å². The number of alkyl halides is 3. The maximum atomic E-state index is 12.5. The first-order valence-corrected chi connectivity index (χ1v) is 8.02. The highest BCUT2D eigenvalue weighted by molar-refractivity contribution is 4.99. The topological polar surface area (TPSA) is 35.5 Å². The number of rotatable bonds is 9. The molecule has 0 aromatic rings. The summed E-state index contributed by atoms with van der Waals surface area (Å²) in [4.78, 5) is 1.44. The molecule has 21 heavy (non-hydrogen) atoms. The van der Waals surface area contributed by atoms with Crippen LogP contribution in [0.5, 0.6) is 0 Å². The third-order valence-electron chi connectivity index (χ3n) is 4.61. The van der Waals surface area contributed by atoms with Gasteiger partial charge in [-0.05, 0) is 51.2 Å². The Bertz CT molecular complexity index is 299. The van der Waals surface area contributed by atoms with E-state index in [1.54, 1.807) is 6.92 Å². The van der Waals surface area contributed by atoms with Gasteiger partial charge < -0.3 is 10.4 Å². The van der Waals surface area contributed by atoms with E-state index in [0.29, 0.717) is 19.5 Å². The average molecular weight is 310 g/mol. The van der Waals surface area contributed by atoms with Gasteiger partial charge in [-0.2, -0.15) is 13.2 Å². The van der Waals surface area contributed by atoms with Gasteiger partial charge in [0.2, 0.25) is 0 Å². The van der Waals surface area contributed by atoms with Crippen molar-refractivity contribution >= 4 is 0 Å². The molecule has 0 heterocycles. The summed E-state index contributed by atoms with van der Waals surface area (Å²) in [6.07, 6.45) is 0.499. The summed E-state index contributed by atoms with van der Waals surface area (Å²) < 4.78 is 37.5. The van der Waals surface area contributed by atoms with Crippen LogP contribution in [-0.4, -0.2) is 54.5 Å². The SMILES string of the molecule is CCCNC1(CO)CCCC1CCN(CC)CC(F)(F)F. The van der Waals surface area contributed by atoms with Gasteiger partial charge in [0.1, 0.15) is 0 Å². The van der Waals surface area contributed by atoms with Gasteiger partial charge in [-0.15, -0.1) is 0 Å². The molecule has 2 N–H and O–H groups in total. The first-order chi connectivity index (χ1) is 9.87. The maximum absolute atomic E-state index is 12.5. The summed E-state index contributed by atoms with van der Waals surface area (Å²) in [6.45, 7) is 4.75. The molecule has 1 aliphatic rings. The Labute approximate surface area is 125 Å². The number of nitrogens with one attached hydrogen (secondary N) is 1. The molecule has 0 bridgehead atoms. The Balaban J connectivity index is 2.54. The monoisotopic (exact) mass is 310 g/mol. The van der Waals surface area contributed by atoms with E-state index in [0.717, 1.165) is 32.2 Å². The van der Waals surface area contributed by atoms with E-state index < -0.39 is 12.7 Å². The van der Waals surface area contributed by atoms with Crippen LogP contribution in [0.25, 0.3) is 0 Å². The minimum atomic E-state index is -4.14. The van der Waals surface area contributed by atoms with Gasteiger partial charge in [-0.25, -0.2) is 0 Å². The lowest BCUT2D eigenvalue weighted by atomic mass is 9.85. The van der Waals surface area contributed by atoms with Crippen molar-refractivity contribution in [1.29, 1.82) is 0 Å². The predicted molar refractivity (Wildman–Crippen MR) is 78.2 cm³/mol. The molecule has 6 heteroatoms. The van der Waals surface area contributed by atoms with Gasteiger partial charge in [-0.3, -0.25) is 4.90 Å².